The number of methoxy groups -OCH3 is 1. The molecule has 2 amide bonds. The average Bonchev–Trinajstić information content (AvgIpc) is 2.81. The number of carbonyl (C=O) groups is 2. The van der Waals surface area contributed by atoms with Crippen molar-refractivity contribution in [2.45, 2.75) is 26.3 Å². The number of nitrogens with one attached hydrogen (secondary N) is 1. The number of anilines is 1. The molecule has 0 aliphatic carbocycles. The topological polar surface area (TPSA) is 58.6 Å². The number of rotatable bonds is 4. The zero-order valence-electron chi connectivity index (χ0n) is 12.1. The maximum Gasteiger partial charge on any atom is 0.229 e. The van der Waals surface area contributed by atoms with E-state index in [0.29, 0.717) is 18.0 Å². The van der Waals surface area contributed by atoms with Crippen molar-refractivity contribution >= 4 is 17.5 Å². The zero-order valence-corrected chi connectivity index (χ0v) is 12.1. The van der Waals surface area contributed by atoms with Gasteiger partial charge in [0.1, 0.15) is 5.75 Å². The normalized spacial score (nSPS) is 18.5. The quantitative estimate of drug-likeness (QED) is 0.913. The predicted molar refractivity (Wildman–Crippen MR) is 76.6 cm³/mol. The van der Waals surface area contributed by atoms with E-state index in [-0.39, 0.29) is 30.2 Å². The fraction of sp³-hybridized carbons (Fsp3) is 0.467. The lowest BCUT2D eigenvalue weighted by Gasteiger charge is -2.20. The first-order chi connectivity index (χ1) is 9.52. The van der Waals surface area contributed by atoms with Gasteiger partial charge in [-0.1, -0.05) is 12.1 Å². The van der Waals surface area contributed by atoms with Crippen LogP contribution in [0.25, 0.3) is 0 Å². The Kier molecular flexibility index (Phi) is 4.27. The van der Waals surface area contributed by atoms with Crippen LogP contribution in [0.1, 0.15) is 20.3 Å². The Morgan fingerprint density at radius 2 is 2.10 bits per heavy atom. The van der Waals surface area contributed by atoms with Gasteiger partial charge in [0, 0.05) is 19.0 Å². The maximum absolute atomic E-state index is 12.3. The number of hydrogen-bond acceptors (Lipinski definition) is 3. The van der Waals surface area contributed by atoms with Gasteiger partial charge in [0.2, 0.25) is 11.8 Å². The van der Waals surface area contributed by atoms with Crippen LogP contribution in [0, 0.1) is 5.92 Å². The summed E-state index contributed by atoms with van der Waals surface area (Å²) in [5.41, 5.74) is 0.635. The maximum atomic E-state index is 12.3. The van der Waals surface area contributed by atoms with Crippen molar-refractivity contribution in [1.82, 2.24) is 4.90 Å². The standard InChI is InChI=1S/C15H20N2O3/c1-10(2)17-9-11(8-14(17)18)15(19)16-12-6-4-5-7-13(12)20-3/h4-7,10-11H,8-9H2,1-3H3,(H,16,19). The fourth-order valence-electron chi connectivity index (χ4n) is 2.39. The van der Waals surface area contributed by atoms with Gasteiger partial charge in [0.05, 0.1) is 18.7 Å². The summed E-state index contributed by atoms with van der Waals surface area (Å²) >= 11 is 0. The number of hydrogen-bond donors (Lipinski definition) is 1. The fourth-order valence-corrected chi connectivity index (χ4v) is 2.39. The number of benzene rings is 1. The number of likely N-dealkylation sites (tertiary alicyclic amines) is 1. The Bertz CT molecular complexity index is 514. The van der Waals surface area contributed by atoms with Crippen LogP contribution in [0.3, 0.4) is 0 Å². The molecule has 1 fully saturated rings. The molecule has 1 unspecified atom stereocenters. The molecule has 1 aliphatic heterocycles. The highest BCUT2D eigenvalue weighted by Crippen LogP contribution is 2.26. The molecule has 0 radical (unpaired) electrons. The Labute approximate surface area is 118 Å². The van der Waals surface area contributed by atoms with Crippen LogP contribution in [-0.2, 0) is 9.59 Å². The van der Waals surface area contributed by atoms with E-state index in [0.717, 1.165) is 0 Å². The molecule has 2 rings (SSSR count). The second kappa shape index (κ2) is 5.94. The third kappa shape index (κ3) is 2.92. The van der Waals surface area contributed by atoms with E-state index in [9.17, 15) is 9.59 Å². The largest absolute Gasteiger partial charge is 0.495 e. The van der Waals surface area contributed by atoms with E-state index in [1.807, 2.05) is 26.0 Å². The predicted octanol–water partition coefficient (Wildman–Crippen LogP) is 1.89. The second-order valence-corrected chi connectivity index (χ2v) is 5.23. The summed E-state index contributed by atoms with van der Waals surface area (Å²) in [7, 11) is 1.56. The molecular weight excluding hydrogens is 256 g/mol. The van der Waals surface area contributed by atoms with Gasteiger partial charge in [0.25, 0.3) is 0 Å². The van der Waals surface area contributed by atoms with E-state index in [2.05, 4.69) is 5.32 Å². The van der Waals surface area contributed by atoms with Crippen LogP contribution in [0.2, 0.25) is 0 Å². The van der Waals surface area contributed by atoms with Crippen molar-refractivity contribution in [2.75, 3.05) is 19.0 Å². The third-order valence-electron chi connectivity index (χ3n) is 3.52. The third-order valence-corrected chi connectivity index (χ3v) is 3.52. The molecule has 20 heavy (non-hydrogen) atoms. The van der Waals surface area contributed by atoms with Gasteiger partial charge in [0.15, 0.2) is 0 Å². The Hall–Kier alpha value is -2.04. The van der Waals surface area contributed by atoms with Gasteiger partial charge in [-0.15, -0.1) is 0 Å². The van der Waals surface area contributed by atoms with Gasteiger partial charge in [-0.2, -0.15) is 0 Å². The molecule has 1 atom stereocenters. The van der Waals surface area contributed by atoms with E-state index in [1.165, 1.54) is 0 Å². The van der Waals surface area contributed by atoms with E-state index in [4.69, 9.17) is 4.74 Å². The Morgan fingerprint density at radius 1 is 1.40 bits per heavy atom. The molecule has 5 nitrogen and oxygen atoms in total. The number of ether oxygens (including phenoxy) is 1. The van der Waals surface area contributed by atoms with Crippen LogP contribution in [0.15, 0.2) is 24.3 Å². The highest BCUT2D eigenvalue weighted by Gasteiger charge is 2.35. The monoisotopic (exact) mass is 276 g/mol. The molecule has 108 valence electrons. The molecular formula is C15H20N2O3. The van der Waals surface area contributed by atoms with Crippen LogP contribution in [0.5, 0.6) is 5.75 Å². The molecule has 0 saturated carbocycles. The molecule has 0 spiro atoms. The van der Waals surface area contributed by atoms with Crippen molar-refractivity contribution in [3.63, 3.8) is 0 Å². The van der Waals surface area contributed by atoms with Crippen molar-refractivity contribution in [3.8, 4) is 5.75 Å². The summed E-state index contributed by atoms with van der Waals surface area (Å²) in [6, 6.07) is 7.38. The number of amides is 2. The summed E-state index contributed by atoms with van der Waals surface area (Å²) < 4.78 is 5.20. The van der Waals surface area contributed by atoms with Gasteiger partial charge >= 0.3 is 0 Å². The van der Waals surface area contributed by atoms with Gasteiger partial charge < -0.3 is 15.0 Å². The zero-order chi connectivity index (χ0) is 14.7. The summed E-state index contributed by atoms with van der Waals surface area (Å²) in [6.45, 7) is 4.40. The van der Waals surface area contributed by atoms with Crippen LogP contribution in [-0.4, -0.2) is 36.4 Å². The second-order valence-electron chi connectivity index (χ2n) is 5.23. The lowest BCUT2D eigenvalue weighted by molar-refractivity contribution is -0.129. The molecule has 1 saturated heterocycles. The van der Waals surface area contributed by atoms with Crippen molar-refractivity contribution < 1.29 is 14.3 Å². The summed E-state index contributed by atoms with van der Waals surface area (Å²) in [5.74, 6) is 0.229. The number of carbonyl (C=O) groups excluding carboxylic acids is 2. The SMILES string of the molecule is COc1ccccc1NC(=O)C1CC(=O)N(C(C)C)C1. The molecule has 0 bridgehead atoms. The highest BCUT2D eigenvalue weighted by atomic mass is 16.5. The van der Waals surface area contributed by atoms with E-state index in [1.54, 1.807) is 24.1 Å². The summed E-state index contributed by atoms with van der Waals surface area (Å²) in [4.78, 5) is 25.8. The molecule has 1 N–H and O–H groups in total. The lowest BCUT2D eigenvalue weighted by Crippen LogP contribution is -2.33. The van der Waals surface area contributed by atoms with Gasteiger partial charge in [-0.05, 0) is 26.0 Å². The highest BCUT2D eigenvalue weighted by molar-refractivity contribution is 5.98. The molecule has 1 aromatic carbocycles. The molecule has 1 aliphatic rings. The first-order valence-corrected chi connectivity index (χ1v) is 6.76. The minimum Gasteiger partial charge on any atom is -0.495 e. The first-order valence-electron chi connectivity index (χ1n) is 6.76. The Morgan fingerprint density at radius 3 is 2.70 bits per heavy atom. The minimum absolute atomic E-state index is 0.0418. The van der Waals surface area contributed by atoms with Crippen molar-refractivity contribution in [2.24, 2.45) is 5.92 Å². The van der Waals surface area contributed by atoms with Crippen molar-refractivity contribution in [1.29, 1.82) is 0 Å². The van der Waals surface area contributed by atoms with E-state index >= 15 is 0 Å². The Balaban J connectivity index is 2.04. The molecule has 1 heterocycles. The average molecular weight is 276 g/mol. The molecule has 5 heteroatoms. The summed E-state index contributed by atoms with van der Waals surface area (Å²) in [5, 5.41) is 2.84. The number of nitrogens with zero attached hydrogens (tertiary/aromatic N) is 1. The van der Waals surface area contributed by atoms with Crippen LogP contribution < -0.4 is 10.1 Å². The van der Waals surface area contributed by atoms with Gasteiger partial charge in [-0.25, -0.2) is 0 Å². The van der Waals surface area contributed by atoms with E-state index < -0.39 is 0 Å². The van der Waals surface area contributed by atoms with Crippen LogP contribution in [0.4, 0.5) is 5.69 Å². The molecule has 0 aromatic heterocycles. The molecule has 1 aromatic rings. The summed E-state index contributed by atoms with van der Waals surface area (Å²) in [6.07, 6.45) is 0.277. The first kappa shape index (κ1) is 14.4. The number of para-hydroxylation sites is 2. The van der Waals surface area contributed by atoms with Crippen molar-refractivity contribution in [3.05, 3.63) is 24.3 Å². The minimum atomic E-state index is -0.296. The van der Waals surface area contributed by atoms with Crippen LogP contribution >= 0.6 is 0 Å². The van der Waals surface area contributed by atoms with Gasteiger partial charge in [-0.3, -0.25) is 9.59 Å². The smallest absolute Gasteiger partial charge is 0.229 e. The lowest BCUT2D eigenvalue weighted by atomic mass is 10.1.